The molecule has 2 aromatic rings. The van der Waals surface area contributed by atoms with Gasteiger partial charge in [-0.1, -0.05) is 73.7 Å². The van der Waals surface area contributed by atoms with E-state index in [4.69, 9.17) is 0 Å². The summed E-state index contributed by atoms with van der Waals surface area (Å²) in [5, 5.41) is 12.4. The zero-order valence-corrected chi connectivity index (χ0v) is 15.3. The molecule has 1 atom stereocenters. The lowest BCUT2D eigenvalue weighted by Gasteiger charge is -2.07. The molecule has 2 rings (SSSR count). The summed E-state index contributed by atoms with van der Waals surface area (Å²) in [5.41, 5.74) is 0.743. The van der Waals surface area contributed by atoms with Crippen molar-refractivity contribution in [3.05, 3.63) is 35.9 Å². The lowest BCUT2D eigenvalue weighted by atomic mass is 10.0. The number of Topliss-reactive ketones (excluding diaryl/α,β-unsaturated/α-hetero) is 1. The lowest BCUT2D eigenvalue weighted by molar-refractivity contribution is 0.102. The monoisotopic (exact) mass is 349 g/mol. The lowest BCUT2D eigenvalue weighted by Crippen LogP contribution is -2.03. The van der Waals surface area contributed by atoms with Crippen molar-refractivity contribution in [3.63, 3.8) is 0 Å². The molecule has 0 saturated carbocycles. The van der Waals surface area contributed by atoms with E-state index in [1.165, 1.54) is 35.9 Å². The second-order valence-corrected chi connectivity index (χ2v) is 7.73. The molecule has 1 N–H and O–H groups in total. The maximum atomic E-state index is 12.0. The first-order chi connectivity index (χ1) is 11.2. The topological polar surface area (TPSA) is 54.9 Å². The van der Waals surface area contributed by atoms with Crippen molar-refractivity contribution < 1.29 is 4.79 Å². The zero-order chi connectivity index (χ0) is 16.5. The van der Waals surface area contributed by atoms with Gasteiger partial charge in [0.25, 0.3) is 0 Å². The Kier molecular flexibility index (Phi) is 7.55. The Morgan fingerprint density at radius 2 is 2.09 bits per heavy atom. The maximum Gasteiger partial charge on any atom is 0.206 e. The number of rotatable bonds is 10. The summed E-state index contributed by atoms with van der Waals surface area (Å²) >= 11 is 2.96. The molecule has 0 bridgehead atoms. The molecular formula is C17H23N3OS2. The SMILES string of the molecule is CCC(C)CCCNc1nnc(SCC(=O)c2ccccc2)s1. The van der Waals surface area contributed by atoms with Crippen molar-refractivity contribution in [2.24, 2.45) is 5.92 Å². The van der Waals surface area contributed by atoms with Gasteiger partial charge in [-0.05, 0) is 18.8 Å². The van der Waals surface area contributed by atoms with E-state index in [0.29, 0.717) is 5.75 Å². The van der Waals surface area contributed by atoms with Crippen molar-refractivity contribution >= 4 is 34.0 Å². The van der Waals surface area contributed by atoms with Gasteiger partial charge < -0.3 is 5.32 Å². The van der Waals surface area contributed by atoms with E-state index in [1.54, 1.807) is 0 Å². The van der Waals surface area contributed by atoms with Crippen LogP contribution in [0.15, 0.2) is 34.7 Å². The van der Waals surface area contributed by atoms with Crippen LogP contribution in [0.5, 0.6) is 0 Å². The van der Waals surface area contributed by atoms with Crippen LogP contribution in [0.25, 0.3) is 0 Å². The Labute approximate surface area is 146 Å². The molecule has 1 aromatic heterocycles. The van der Waals surface area contributed by atoms with Gasteiger partial charge in [-0.2, -0.15) is 0 Å². The number of hydrogen-bond donors (Lipinski definition) is 1. The highest BCUT2D eigenvalue weighted by Crippen LogP contribution is 2.26. The summed E-state index contributed by atoms with van der Waals surface area (Å²) in [6, 6.07) is 9.35. The number of hydrogen-bond acceptors (Lipinski definition) is 6. The molecule has 0 amide bonds. The van der Waals surface area contributed by atoms with Crippen LogP contribution in [-0.4, -0.2) is 28.3 Å². The number of ketones is 1. The third kappa shape index (κ3) is 6.31. The van der Waals surface area contributed by atoms with Crippen LogP contribution in [-0.2, 0) is 0 Å². The number of nitrogens with zero attached hydrogens (tertiary/aromatic N) is 2. The van der Waals surface area contributed by atoms with Gasteiger partial charge >= 0.3 is 0 Å². The second kappa shape index (κ2) is 9.67. The number of carbonyl (C=O) groups excluding carboxylic acids is 1. The molecule has 1 aromatic carbocycles. The first kappa shape index (κ1) is 17.9. The molecule has 1 unspecified atom stereocenters. The minimum absolute atomic E-state index is 0.119. The number of nitrogens with one attached hydrogen (secondary N) is 1. The average molecular weight is 350 g/mol. The summed E-state index contributed by atoms with van der Waals surface area (Å²) in [6.45, 7) is 5.43. The van der Waals surface area contributed by atoms with Gasteiger partial charge in [0.1, 0.15) is 0 Å². The summed E-state index contributed by atoms with van der Waals surface area (Å²) in [6.07, 6.45) is 3.61. The second-order valence-electron chi connectivity index (χ2n) is 5.53. The van der Waals surface area contributed by atoms with Gasteiger partial charge in [0.15, 0.2) is 10.1 Å². The molecule has 0 radical (unpaired) electrons. The molecule has 0 spiro atoms. The Bertz CT molecular complexity index is 601. The molecule has 0 fully saturated rings. The van der Waals surface area contributed by atoms with Crippen LogP contribution in [0.4, 0.5) is 5.13 Å². The van der Waals surface area contributed by atoms with Crippen LogP contribution in [0.1, 0.15) is 43.5 Å². The quantitative estimate of drug-likeness (QED) is 0.381. The smallest absolute Gasteiger partial charge is 0.206 e. The third-order valence-electron chi connectivity index (χ3n) is 3.68. The molecular weight excluding hydrogens is 326 g/mol. The number of benzene rings is 1. The van der Waals surface area contributed by atoms with Crippen LogP contribution >= 0.6 is 23.1 Å². The summed E-state index contributed by atoms with van der Waals surface area (Å²) < 4.78 is 0.832. The van der Waals surface area contributed by atoms with Crippen molar-refractivity contribution in [2.75, 3.05) is 17.6 Å². The van der Waals surface area contributed by atoms with Crippen LogP contribution in [0.3, 0.4) is 0 Å². The molecule has 23 heavy (non-hydrogen) atoms. The van der Waals surface area contributed by atoms with Gasteiger partial charge in [0.05, 0.1) is 5.75 Å². The average Bonchev–Trinajstić information content (AvgIpc) is 3.05. The number of carbonyl (C=O) groups is 1. The highest BCUT2D eigenvalue weighted by atomic mass is 32.2. The Morgan fingerprint density at radius 3 is 2.83 bits per heavy atom. The summed E-state index contributed by atoms with van der Waals surface area (Å²) in [7, 11) is 0. The van der Waals surface area contributed by atoms with E-state index in [9.17, 15) is 4.79 Å². The number of thioether (sulfide) groups is 1. The molecule has 0 aliphatic rings. The van der Waals surface area contributed by atoms with E-state index in [1.807, 2.05) is 30.3 Å². The van der Waals surface area contributed by atoms with Crippen molar-refractivity contribution in [2.45, 2.75) is 37.4 Å². The predicted molar refractivity (Wildman–Crippen MR) is 98.6 cm³/mol. The standard InChI is InChI=1S/C17H23N3OS2/c1-3-13(2)8-7-11-18-16-19-20-17(23-16)22-12-15(21)14-9-5-4-6-10-14/h4-6,9-10,13H,3,7-8,11-12H2,1-2H3,(H,18,19). The van der Waals surface area contributed by atoms with Gasteiger partial charge in [-0.3, -0.25) is 4.79 Å². The molecule has 0 aliphatic carbocycles. The van der Waals surface area contributed by atoms with Crippen LogP contribution in [0, 0.1) is 5.92 Å². The van der Waals surface area contributed by atoms with Crippen molar-refractivity contribution in [1.82, 2.24) is 10.2 Å². The Morgan fingerprint density at radius 1 is 1.30 bits per heavy atom. The van der Waals surface area contributed by atoms with Crippen LogP contribution in [0.2, 0.25) is 0 Å². The largest absolute Gasteiger partial charge is 0.360 e. The predicted octanol–water partition coefficient (Wildman–Crippen LogP) is 4.75. The van der Waals surface area contributed by atoms with Crippen molar-refractivity contribution in [3.8, 4) is 0 Å². The van der Waals surface area contributed by atoms with Gasteiger partial charge in [0.2, 0.25) is 5.13 Å². The van der Waals surface area contributed by atoms with E-state index < -0.39 is 0 Å². The fourth-order valence-corrected chi connectivity index (χ4v) is 3.70. The van der Waals surface area contributed by atoms with E-state index >= 15 is 0 Å². The fourth-order valence-electron chi connectivity index (χ4n) is 2.02. The van der Waals surface area contributed by atoms with Crippen LogP contribution < -0.4 is 5.32 Å². The third-order valence-corrected chi connectivity index (χ3v) is 5.69. The zero-order valence-electron chi connectivity index (χ0n) is 13.6. The van der Waals surface area contributed by atoms with Gasteiger partial charge in [0, 0.05) is 12.1 Å². The number of aromatic nitrogens is 2. The molecule has 0 saturated heterocycles. The van der Waals surface area contributed by atoms with E-state index in [-0.39, 0.29) is 5.78 Å². The maximum absolute atomic E-state index is 12.0. The highest BCUT2D eigenvalue weighted by Gasteiger charge is 2.09. The van der Waals surface area contributed by atoms with Gasteiger partial charge in [-0.15, -0.1) is 10.2 Å². The Hall–Kier alpha value is -1.40. The fraction of sp³-hybridized carbons (Fsp3) is 0.471. The number of anilines is 1. The molecule has 1 heterocycles. The molecule has 0 aliphatic heterocycles. The highest BCUT2D eigenvalue weighted by molar-refractivity contribution is 8.01. The Balaban J connectivity index is 1.71. The first-order valence-electron chi connectivity index (χ1n) is 7.97. The first-order valence-corrected chi connectivity index (χ1v) is 9.77. The molecule has 4 nitrogen and oxygen atoms in total. The normalized spacial score (nSPS) is 12.1. The van der Waals surface area contributed by atoms with E-state index in [0.717, 1.165) is 33.9 Å². The summed E-state index contributed by atoms with van der Waals surface area (Å²) in [4.78, 5) is 12.0. The van der Waals surface area contributed by atoms with Gasteiger partial charge in [-0.25, -0.2) is 0 Å². The van der Waals surface area contributed by atoms with E-state index in [2.05, 4.69) is 29.4 Å². The van der Waals surface area contributed by atoms with Crippen molar-refractivity contribution in [1.29, 1.82) is 0 Å². The molecule has 6 heteroatoms. The summed E-state index contributed by atoms with van der Waals surface area (Å²) in [5.74, 6) is 1.29. The molecule has 124 valence electrons. The minimum Gasteiger partial charge on any atom is -0.360 e. The minimum atomic E-state index is 0.119.